The van der Waals surface area contributed by atoms with Crippen molar-refractivity contribution in [3.63, 3.8) is 0 Å². The van der Waals surface area contributed by atoms with Gasteiger partial charge in [0.1, 0.15) is 11.6 Å². The van der Waals surface area contributed by atoms with Crippen LogP contribution in [0.25, 0.3) is 5.76 Å². The molecule has 0 radical (unpaired) electrons. The van der Waals surface area contributed by atoms with Gasteiger partial charge in [0.25, 0.3) is 0 Å². The van der Waals surface area contributed by atoms with E-state index in [0.29, 0.717) is 57.3 Å². The summed E-state index contributed by atoms with van der Waals surface area (Å²) in [6.07, 6.45) is 1.74. The number of nitrogens with one attached hydrogen (secondary N) is 1. The van der Waals surface area contributed by atoms with E-state index in [0.717, 1.165) is 11.3 Å². The third kappa shape index (κ3) is 4.07. The number of halogens is 2. The Morgan fingerprint density at radius 1 is 0.971 bits per heavy atom. The second kappa shape index (κ2) is 9.37. The van der Waals surface area contributed by atoms with Gasteiger partial charge in [-0.25, -0.2) is 0 Å². The number of carbonyl (C=O) groups excluding carboxylic acids is 1. The summed E-state index contributed by atoms with van der Waals surface area (Å²) >= 11 is 13.1. The second-order valence-electron chi connectivity index (χ2n) is 8.84. The summed E-state index contributed by atoms with van der Waals surface area (Å²) in [7, 11) is 0. The molecule has 0 spiro atoms. The van der Waals surface area contributed by atoms with Crippen LogP contribution in [0, 0.1) is 12.3 Å². The number of benzene rings is 3. The van der Waals surface area contributed by atoms with Crippen molar-refractivity contribution in [3.8, 4) is 0 Å². The second-order valence-corrected chi connectivity index (χ2v) is 9.65. The Morgan fingerprint density at radius 3 is 2.40 bits per heavy atom. The van der Waals surface area contributed by atoms with Crippen LogP contribution in [0.4, 0.5) is 5.69 Å². The Labute approximate surface area is 214 Å². The molecule has 35 heavy (non-hydrogen) atoms. The quantitative estimate of drug-likeness (QED) is 0.358. The van der Waals surface area contributed by atoms with Crippen molar-refractivity contribution in [1.29, 1.82) is 5.41 Å². The number of nitrogens with zero attached hydrogens (tertiary/aromatic N) is 1. The first-order chi connectivity index (χ1) is 16.9. The highest BCUT2D eigenvalue weighted by Gasteiger charge is 2.43. The fourth-order valence-corrected chi connectivity index (χ4v) is 5.39. The molecule has 1 unspecified atom stereocenters. The molecule has 5 rings (SSSR count). The SMILES string of the molecule is Cc1ccc(N2C(=N)C(=C(O)c3ccccc3)C(c3ccccc3Cl)C3=C2CCCC3=O)cc1Cl. The maximum atomic E-state index is 13.5. The van der Waals surface area contributed by atoms with Gasteiger partial charge in [-0.3, -0.25) is 15.1 Å². The number of carbonyl (C=O) groups is 1. The average molecular weight is 503 g/mol. The lowest BCUT2D eigenvalue weighted by atomic mass is 9.73. The van der Waals surface area contributed by atoms with E-state index >= 15 is 0 Å². The summed E-state index contributed by atoms with van der Waals surface area (Å²) in [6.45, 7) is 1.92. The maximum absolute atomic E-state index is 13.5. The lowest BCUT2D eigenvalue weighted by Gasteiger charge is -2.42. The van der Waals surface area contributed by atoms with E-state index in [1.165, 1.54) is 0 Å². The number of rotatable bonds is 3. The minimum Gasteiger partial charge on any atom is -0.507 e. The number of hydrogen-bond donors (Lipinski definition) is 2. The van der Waals surface area contributed by atoms with Crippen LogP contribution in [0.1, 0.15) is 41.9 Å². The van der Waals surface area contributed by atoms with E-state index in [9.17, 15) is 15.3 Å². The van der Waals surface area contributed by atoms with Crippen LogP contribution < -0.4 is 4.90 Å². The number of amidine groups is 1. The smallest absolute Gasteiger partial charge is 0.161 e. The number of Topliss-reactive ketones (excluding diaryl/α,β-unsaturated/α-hetero) is 1. The largest absolute Gasteiger partial charge is 0.507 e. The average Bonchev–Trinajstić information content (AvgIpc) is 2.86. The van der Waals surface area contributed by atoms with Gasteiger partial charge in [0, 0.05) is 50.5 Å². The molecule has 1 aliphatic carbocycles. The molecule has 3 aromatic carbocycles. The molecule has 2 N–H and O–H groups in total. The van der Waals surface area contributed by atoms with Crippen LogP contribution in [-0.2, 0) is 4.79 Å². The third-order valence-corrected chi connectivity index (χ3v) is 7.44. The number of anilines is 1. The van der Waals surface area contributed by atoms with E-state index in [4.69, 9.17) is 23.2 Å². The number of ketones is 1. The first-order valence-electron chi connectivity index (χ1n) is 11.5. The Hall–Kier alpha value is -3.34. The van der Waals surface area contributed by atoms with Gasteiger partial charge in [0.15, 0.2) is 5.78 Å². The number of aliphatic hydroxyl groups is 1. The molecule has 3 aromatic rings. The molecular formula is C29H24Cl2N2O2. The van der Waals surface area contributed by atoms with Crippen molar-refractivity contribution >= 4 is 46.3 Å². The molecule has 4 nitrogen and oxygen atoms in total. The summed E-state index contributed by atoms with van der Waals surface area (Å²) in [5.41, 5.74) is 4.55. The van der Waals surface area contributed by atoms with Gasteiger partial charge in [-0.15, -0.1) is 0 Å². The Balaban J connectivity index is 1.85. The summed E-state index contributed by atoms with van der Waals surface area (Å²) in [6, 6.07) is 22.0. The van der Waals surface area contributed by atoms with Crippen LogP contribution in [0.2, 0.25) is 10.0 Å². The molecule has 0 saturated carbocycles. The highest BCUT2D eigenvalue weighted by Crippen LogP contribution is 2.49. The van der Waals surface area contributed by atoms with Gasteiger partial charge in [0.2, 0.25) is 0 Å². The van der Waals surface area contributed by atoms with E-state index in [-0.39, 0.29) is 17.4 Å². The predicted molar refractivity (Wildman–Crippen MR) is 142 cm³/mol. The molecule has 0 saturated heterocycles. The first-order valence-corrected chi connectivity index (χ1v) is 12.3. The molecule has 0 fully saturated rings. The molecule has 1 heterocycles. The van der Waals surface area contributed by atoms with Crippen molar-refractivity contribution in [2.24, 2.45) is 0 Å². The maximum Gasteiger partial charge on any atom is 0.161 e. The van der Waals surface area contributed by atoms with Crippen molar-refractivity contribution in [2.45, 2.75) is 32.1 Å². The zero-order valence-corrected chi connectivity index (χ0v) is 20.7. The minimum absolute atomic E-state index is 0.00485. The van der Waals surface area contributed by atoms with E-state index in [1.807, 2.05) is 61.5 Å². The minimum atomic E-state index is -0.656. The highest BCUT2D eigenvalue weighted by atomic mass is 35.5. The molecule has 6 heteroatoms. The highest BCUT2D eigenvalue weighted by molar-refractivity contribution is 6.32. The zero-order chi connectivity index (χ0) is 24.7. The monoisotopic (exact) mass is 502 g/mol. The molecule has 1 aliphatic heterocycles. The van der Waals surface area contributed by atoms with Gasteiger partial charge in [-0.05, 0) is 49.1 Å². The van der Waals surface area contributed by atoms with Crippen LogP contribution in [-0.4, -0.2) is 16.7 Å². The van der Waals surface area contributed by atoms with E-state index in [1.54, 1.807) is 23.1 Å². The van der Waals surface area contributed by atoms with Gasteiger partial charge < -0.3 is 5.11 Å². The van der Waals surface area contributed by atoms with Crippen LogP contribution in [0.3, 0.4) is 0 Å². The lowest BCUT2D eigenvalue weighted by molar-refractivity contribution is -0.116. The van der Waals surface area contributed by atoms with E-state index < -0.39 is 5.92 Å². The van der Waals surface area contributed by atoms with Gasteiger partial charge in [-0.2, -0.15) is 0 Å². The first kappa shape index (κ1) is 23.4. The molecule has 0 aromatic heterocycles. The summed E-state index contributed by atoms with van der Waals surface area (Å²) in [4.78, 5) is 15.3. The molecule has 176 valence electrons. The third-order valence-electron chi connectivity index (χ3n) is 6.69. The number of aryl methyl sites for hydroxylation is 1. The topological polar surface area (TPSA) is 64.4 Å². The normalized spacial score (nSPS) is 19.6. The van der Waals surface area contributed by atoms with Crippen molar-refractivity contribution in [2.75, 3.05) is 4.90 Å². The summed E-state index contributed by atoms with van der Waals surface area (Å²) < 4.78 is 0. The van der Waals surface area contributed by atoms with Crippen LogP contribution >= 0.6 is 23.2 Å². The summed E-state index contributed by atoms with van der Waals surface area (Å²) in [5, 5.41) is 22.0. The van der Waals surface area contributed by atoms with Crippen LogP contribution in [0.5, 0.6) is 0 Å². The predicted octanol–water partition coefficient (Wildman–Crippen LogP) is 7.86. The molecule has 0 bridgehead atoms. The van der Waals surface area contributed by atoms with Gasteiger partial charge in [-0.1, -0.05) is 77.8 Å². The molecule has 0 amide bonds. The number of aliphatic hydroxyl groups excluding tert-OH is 1. The van der Waals surface area contributed by atoms with Crippen molar-refractivity contribution in [1.82, 2.24) is 0 Å². The van der Waals surface area contributed by atoms with Crippen LogP contribution in [0.15, 0.2) is 89.6 Å². The molecule has 1 atom stereocenters. The zero-order valence-electron chi connectivity index (χ0n) is 19.2. The molecule has 2 aliphatic rings. The fraction of sp³-hybridized carbons (Fsp3) is 0.172. The lowest BCUT2D eigenvalue weighted by Crippen LogP contribution is -2.42. The number of hydrogen-bond acceptors (Lipinski definition) is 3. The fourth-order valence-electron chi connectivity index (χ4n) is 4.97. The van der Waals surface area contributed by atoms with E-state index in [2.05, 4.69) is 0 Å². The van der Waals surface area contributed by atoms with Crippen molar-refractivity contribution < 1.29 is 9.90 Å². The Kier molecular flexibility index (Phi) is 6.26. The van der Waals surface area contributed by atoms with Gasteiger partial charge in [0.05, 0.1) is 0 Å². The Morgan fingerprint density at radius 2 is 1.69 bits per heavy atom. The molecular weight excluding hydrogens is 479 g/mol. The van der Waals surface area contributed by atoms with Crippen molar-refractivity contribution in [3.05, 3.63) is 116 Å². The Bertz CT molecular complexity index is 1410. The van der Waals surface area contributed by atoms with Gasteiger partial charge >= 0.3 is 0 Å². The number of allylic oxidation sites excluding steroid dienone is 2. The standard InChI is InChI=1S/C29H24Cl2N2O2/c1-17-14-15-19(16-22(17)31)33-23-12-7-13-24(34)26(23)25(20-10-5-6-11-21(20)30)27(29(33)32)28(35)18-8-3-2-4-9-18/h2-6,8-11,14-16,25,32,35H,7,12-13H2,1H3. The summed E-state index contributed by atoms with van der Waals surface area (Å²) in [5.74, 6) is -0.597.